The lowest BCUT2D eigenvalue weighted by Crippen LogP contribution is -2.63. The van der Waals surface area contributed by atoms with Gasteiger partial charge in [-0.3, -0.25) is 4.79 Å². The Morgan fingerprint density at radius 1 is 0.843 bits per heavy atom. The van der Waals surface area contributed by atoms with E-state index in [1.165, 1.54) is 13.5 Å². The van der Waals surface area contributed by atoms with Crippen LogP contribution in [0.5, 0.6) is 0 Å². The molecule has 1 aromatic carbocycles. The van der Waals surface area contributed by atoms with Gasteiger partial charge in [0.15, 0.2) is 18.7 Å². The quantitative estimate of drug-likeness (QED) is 0.196. The van der Waals surface area contributed by atoms with Crippen LogP contribution in [0.2, 0.25) is 0 Å². The fourth-order valence-corrected chi connectivity index (χ4v) is 8.04. The van der Waals surface area contributed by atoms with Gasteiger partial charge in [0, 0.05) is 0 Å². The Labute approximate surface area is 299 Å². The van der Waals surface area contributed by atoms with E-state index in [2.05, 4.69) is 0 Å². The number of hydrogen-bond acceptors (Lipinski definition) is 14. The van der Waals surface area contributed by atoms with Crippen LogP contribution >= 0.6 is 0 Å². The minimum atomic E-state index is -1.59. The predicted octanol–water partition coefficient (Wildman–Crippen LogP) is 1.85. The maximum atomic E-state index is 13.5. The molecule has 5 N–H and O–H groups in total. The molecule has 2 saturated carbocycles. The number of hydrogen-bond donors (Lipinski definition) is 5. The number of carbonyl (C=O) groups is 2. The molecule has 0 spiro atoms. The van der Waals surface area contributed by atoms with Crippen LogP contribution in [0.4, 0.5) is 0 Å². The number of ether oxygens (including phenoxy) is 7. The van der Waals surface area contributed by atoms with Gasteiger partial charge in [-0.1, -0.05) is 57.2 Å². The van der Waals surface area contributed by atoms with Gasteiger partial charge in [0.1, 0.15) is 36.6 Å². The average Bonchev–Trinajstić information content (AvgIpc) is 3.13. The largest absolute Gasteiger partial charge is 0.469 e. The molecule has 51 heavy (non-hydrogen) atoms. The SMILES string of the molecule is COC(=O)C1CC(C)C(OC2OC(C)C(O)C(O)C2O)C(OC2OC(CO)C(O)C(O[C@H](C)CC3CCCCC3)C2OC(=O)c2ccccc2)C1. The van der Waals surface area contributed by atoms with Crippen LogP contribution in [-0.2, 0) is 38.0 Å². The van der Waals surface area contributed by atoms with Gasteiger partial charge in [-0.25, -0.2) is 4.79 Å². The molecule has 0 bridgehead atoms. The van der Waals surface area contributed by atoms with Crippen molar-refractivity contribution < 1.29 is 68.3 Å². The topological polar surface area (TPSA) is 200 Å². The van der Waals surface area contributed by atoms with Gasteiger partial charge in [-0.15, -0.1) is 0 Å². The molecule has 14 nitrogen and oxygen atoms in total. The third kappa shape index (κ3) is 9.66. The van der Waals surface area contributed by atoms with Gasteiger partial charge >= 0.3 is 11.9 Å². The second kappa shape index (κ2) is 18.2. The number of aliphatic hydroxyl groups is 5. The standard InChI is InChI=1S/C37H56O14/c1-19-15-24(34(43)45-4)17-25(31(19)51-36-30(42)29(41)27(39)21(3)47-36)48-37-33(50-35(44)23-13-9-6-10-14-23)32(28(40)26(18-38)49-37)46-20(2)16-22-11-7-5-8-12-22/h6,9-10,13-14,19-22,24-33,36-42H,5,7-8,11-12,15-18H2,1-4H3/t19?,20-,21?,24?,25?,26?,27?,28?,29?,30?,31?,32?,33?,36?,37?/m1/s1. The Bertz CT molecular complexity index is 1240. The average molecular weight is 725 g/mol. The number of rotatable bonds is 12. The molecule has 2 aliphatic heterocycles. The van der Waals surface area contributed by atoms with Crippen molar-refractivity contribution in [1.29, 1.82) is 0 Å². The molecule has 1 aromatic rings. The number of aliphatic hydroxyl groups excluding tert-OH is 5. The molecule has 0 amide bonds. The van der Waals surface area contributed by atoms with Crippen LogP contribution in [0.1, 0.15) is 82.5 Å². The summed E-state index contributed by atoms with van der Waals surface area (Å²) < 4.78 is 42.4. The summed E-state index contributed by atoms with van der Waals surface area (Å²) in [4.78, 5) is 26.4. The zero-order chi connectivity index (χ0) is 36.8. The molecule has 288 valence electrons. The highest BCUT2D eigenvalue weighted by Gasteiger charge is 2.53. The molecular formula is C37H56O14. The Hall–Kier alpha value is -2.24. The third-order valence-electron chi connectivity index (χ3n) is 10.9. The first-order valence-corrected chi connectivity index (χ1v) is 18.4. The van der Waals surface area contributed by atoms with E-state index in [-0.39, 0.29) is 18.1 Å². The summed E-state index contributed by atoms with van der Waals surface area (Å²) >= 11 is 0. The second-order valence-corrected chi connectivity index (χ2v) is 14.7. The second-order valence-electron chi connectivity index (χ2n) is 14.7. The lowest BCUT2D eigenvalue weighted by Gasteiger charge is -2.48. The van der Waals surface area contributed by atoms with Crippen molar-refractivity contribution in [3.8, 4) is 0 Å². The predicted molar refractivity (Wildman–Crippen MR) is 179 cm³/mol. The van der Waals surface area contributed by atoms with Gasteiger partial charge < -0.3 is 58.7 Å². The molecule has 15 atom stereocenters. The van der Waals surface area contributed by atoms with Gasteiger partial charge in [0.05, 0.1) is 49.6 Å². The summed E-state index contributed by atoms with van der Waals surface area (Å²) in [5.74, 6) is -1.73. The fraction of sp³-hybridized carbons (Fsp3) is 0.784. The van der Waals surface area contributed by atoms with E-state index in [4.69, 9.17) is 33.2 Å². The number of carbonyl (C=O) groups excluding carboxylic acids is 2. The normalized spacial score (nSPS) is 39.9. The lowest BCUT2D eigenvalue weighted by molar-refractivity contribution is -0.349. The van der Waals surface area contributed by atoms with E-state index in [9.17, 15) is 35.1 Å². The smallest absolute Gasteiger partial charge is 0.338 e. The Morgan fingerprint density at radius 2 is 1.55 bits per heavy atom. The van der Waals surface area contributed by atoms with Crippen LogP contribution in [0.25, 0.3) is 0 Å². The van der Waals surface area contributed by atoms with Crippen LogP contribution in [0.15, 0.2) is 30.3 Å². The first-order valence-electron chi connectivity index (χ1n) is 18.4. The maximum absolute atomic E-state index is 13.5. The Kier molecular flexibility index (Phi) is 14.3. The highest BCUT2D eigenvalue weighted by atomic mass is 16.7. The van der Waals surface area contributed by atoms with Gasteiger partial charge in [0.25, 0.3) is 0 Å². The maximum Gasteiger partial charge on any atom is 0.338 e. The molecular weight excluding hydrogens is 668 g/mol. The highest BCUT2D eigenvalue weighted by molar-refractivity contribution is 5.89. The summed E-state index contributed by atoms with van der Waals surface area (Å²) in [6, 6.07) is 8.32. The zero-order valence-electron chi connectivity index (χ0n) is 29.9. The van der Waals surface area contributed by atoms with Gasteiger partial charge in [0.2, 0.25) is 0 Å². The van der Waals surface area contributed by atoms with Crippen molar-refractivity contribution >= 4 is 11.9 Å². The van der Waals surface area contributed by atoms with Gasteiger partial charge in [-0.2, -0.15) is 0 Å². The van der Waals surface area contributed by atoms with Crippen LogP contribution in [-0.4, -0.2) is 131 Å². The summed E-state index contributed by atoms with van der Waals surface area (Å²) in [6.07, 6.45) is -8.52. The fourth-order valence-electron chi connectivity index (χ4n) is 8.04. The monoisotopic (exact) mass is 724 g/mol. The van der Waals surface area contributed by atoms with E-state index < -0.39 is 104 Å². The molecule has 0 radical (unpaired) electrons. The van der Waals surface area contributed by atoms with Crippen LogP contribution in [0.3, 0.4) is 0 Å². The van der Waals surface area contributed by atoms with Crippen molar-refractivity contribution in [3.63, 3.8) is 0 Å². The first kappa shape index (κ1) is 40.0. The van der Waals surface area contributed by atoms with E-state index in [0.717, 1.165) is 32.1 Å². The lowest BCUT2D eigenvalue weighted by atomic mass is 9.78. The minimum Gasteiger partial charge on any atom is -0.469 e. The van der Waals surface area contributed by atoms with E-state index in [0.29, 0.717) is 12.3 Å². The van der Waals surface area contributed by atoms with E-state index in [1.54, 1.807) is 37.3 Å². The highest BCUT2D eigenvalue weighted by Crippen LogP contribution is 2.39. The van der Waals surface area contributed by atoms with E-state index in [1.807, 2.05) is 13.8 Å². The van der Waals surface area contributed by atoms with Crippen molar-refractivity contribution in [2.75, 3.05) is 13.7 Å². The summed E-state index contributed by atoms with van der Waals surface area (Å²) in [5, 5.41) is 53.3. The number of methoxy groups -OCH3 is 1. The van der Waals surface area contributed by atoms with Crippen molar-refractivity contribution in [3.05, 3.63) is 35.9 Å². The minimum absolute atomic E-state index is 0.0698. The Morgan fingerprint density at radius 3 is 2.22 bits per heavy atom. The number of esters is 2. The summed E-state index contributed by atoms with van der Waals surface area (Å²) in [7, 11) is 1.29. The number of benzene rings is 1. The van der Waals surface area contributed by atoms with E-state index >= 15 is 0 Å². The zero-order valence-corrected chi connectivity index (χ0v) is 29.9. The Balaban J connectivity index is 1.45. The summed E-state index contributed by atoms with van der Waals surface area (Å²) in [5.41, 5.74) is 0.251. The van der Waals surface area contributed by atoms with Crippen LogP contribution < -0.4 is 0 Å². The molecule has 5 rings (SSSR count). The molecule has 2 aliphatic carbocycles. The molecule has 4 fully saturated rings. The molecule has 0 aromatic heterocycles. The van der Waals surface area contributed by atoms with Crippen molar-refractivity contribution in [2.24, 2.45) is 17.8 Å². The van der Waals surface area contributed by atoms with Crippen LogP contribution in [0, 0.1) is 17.8 Å². The molecule has 14 unspecified atom stereocenters. The molecule has 2 heterocycles. The third-order valence-corrected chi connectivity index (χ3v) is 10.9. The van der Waals surface area contributed by atoms with Crippen molar-refractivity contribution in [1.82, 2.24) is 0 Å². The van der Waals surface area contributed by atoms with Crippen molar-refractivity contribution in [2.45, 2.75) is 152 Å². The molecule has 14 heteroatoms. The molecule has 4 aliphatic rings. The van der Waals surface area contributed by atoms with Gasteiger partial charge in [-0.05, 0) is 57.1 Å². The summed E-state index contributed by atoms with van der Waals surface area (Å²) in [6.45, 7) is 4.68. The molecule has 2 saturated heterocycles. The first-order chi connectivity index (χ1) is 24.4.